The third-order valence-corrected chi connectivity index (χ3v) is 1.84. The van der Waals surface area contributed by atoms with E-state index in [2.05, 4.69) is 0 Å². The van der Waals surface area contributed by atoms with Crippen LogP contribution in [0.4, 0.5) is 10.1 Å². The number of hydrazine groups is 1. The topological polar surface area (TPSA) is 78.4 Å². The molecular formula is C6H6ClFN2O3S. The smallest absolute Gasteiger partial charge is 0.303 e. The van der Waals surface area contributed by atoms with Gasteiger partial charge in [-0.15, -0.1) is 4.83 Å². The maximum absolute atomic E-state index is 13.0. The summed E-state index contributed by atoms with van der Waals surface area (Å²) in [7, 11) is -4.41. The first-order valence-electron chi connectivity index (χ1n) is 3.34. The Balaban J connectivity index is 2.78. The summed E-state index contributed by atoms with van der Waals surface area (Å²) in [6, 6.07) is 3.57. The van der Waals surface area contributed by atoms with Crippen LogP contribution in [0.1, 0.15) is 0 Å². The van der Waals surface area contributed by atoms with Crippen molar-refractivity contribution in [2.24, 2.45) is 0 Å². The first-order chi connectivity index (χ1) is 6.38. The van der Waals surface area contributed by atoms with E-state index in [4.69, 9.17) is 16.2 Å². The van der Waals surface area contributed by atoms with Gasteiger partial charge in [-0.2, -0.15) is 8.42 Å². The van der Waals surface area contributed by atoms with Crippen LogP contribution in [0.2, 0.25) is 5.02 Å². The lowest BCUT2D eigenvalue weighted by Crippen LogP contribution is -2.28. The molecule has 0 aliphatic carbocycles. The Morgan fingerprint density at radius 2 is 2.07 bits per heavy atom. The number of halogens is 2. The molecule has 3 N–H and O–H groups in total. The fourth-order valence-corrected chi connectivity index (χ4v) is 1.11. The third-order valence-electron chi connectivity index (χ3n) is 1.25. The summed E-state index contributed by atoms with van der Waals surface area (Å²) in [4.78, 5) is 1.49. The van der Waals surface area contributed by atoms with Crippen molar-refractivity contribution in [3.05, 3.63) is 29.0 Å². The molecular weight excluding hydrogens is 235 g/mol. The number of rotatable bonds is 3. The maximum Gasteiger partial charge on any atom is 0.350 e. The molecule has 0 aliphatic rings. The Hall–Kier alpha value is -0.890. The summed E-state index contributed by atoms with van der Waals surface area (Å²) in [6.07, 6.45) is 0. The molecule has 0 atom stereocenters. The highest BCUT2D eigenvalue weighted by atomic mass is 35.5. The lowest BCUT2D eigenvalue weighted by atomic mass is 10.3. The van der Waals surface area contributed by atoms with Crippen LogP contribution in [0, 0.1) is 5.82 Å². The van der Waals surface area contributed by atoms with Crippen LogP contribution < -0.4 is 10.3 Å². The number of hydrogen-bond donors (Lipinski definition) is 3. The fraction of sp³-hybridized carbons (Fsp3) is 0. The van der Waals surface area contributed by atoms with Gasteiger partial charge in [-0.3, -0.25) is 4.55 Å². The van der Waals surface area contributed by atoms with Crippen LogP contribution >= 0.6 is 11.6 Å². The molecule has 0 aliphatic heterocycles. The normalized spacial score (nSPS) is 11.4. The van der Waals surface area contributed by atoms with E-state index in [0.29, 0.717) is 0 Å². The summed E-state index contributed by atoms with van der Waals surface area (Å²) in [6.45, 7) is 0. The fourth-order valence-electron chi connectivity index (χ4n) is 0.710. The SMILES string of the molecule is O=S(=O)(O)NNc1ccc(Cl)cc1F. The third kappa shape index (κ3) is 3.46. The van der Waals surface area contributed by atoms with E-state index < -0.39 is 16.1 Å². The summed E-state index contributed by atoms with van der Waals surface area (Å²) in [5.74, 6) is -0.742. The Kier molecular flexibility index (Phi) is 3.27. The molecule has 0 saturated heterocycles. The minimum absolute atomic E-state index is 0.146. The Morgan fingerprint density at radius 3 is 2.57 bits per heavy atom. The monoisotopic (exact) mass is 240 g/mol. The van der Waals surface area contributed by atoms with Gasteiger partial charge in [-0.25, -0.2) is 4.39 Å². The average molecular weight is 241 g/mol. The van der Waals surface area contributed by atoms with Crippen LogP contribution in [-0.4, -0.2) is 13.0 Å². The van der Waals surface area contributed by atoms with E-state index in [1.807, 2.05) is 5.43 Å². The van der Waals surface area contributed by atoms with E-state index in [0.717, 1.165) is 6.07 Å². The maximum atomic E-state index is 13.0. The van der Waals surface area contributed by atoms with Crippen LogP contribution in [0.15, 0.2) is 18.2 Å². The second kappa shape index (κ2) is 4.09. The molecule has 0 aromatic heterocycles. The summed E-state index contributed by atoms with van der Waals surface area (Å²) >= 11 is 5.45. The van der Waals surface area contributed by atoms with Crippen molar-refractivity contribution in [1.82, 2.24) is 4.83 Å². The molecule has 0 fully saturated rings. The van der Waals surface area contributed by atoms with Crippen molar-refractivity contribution in [2.75, 3.05) is 5.43 Å². The molecule has 14 heavy (non-hydrogen) atoms. The molecule has 0 saturated carbocycles. The first kappa shape index (κ1) is 11.2. The van der Waals surface area contributed by atoms with Gasteiger partial charge >= 0.3 is 10.3 Å². The standard InChI is InChI=1S/C6H6ClFN2O3S/c7-4-1-2-6(5(8)3-4)9-10-14(11,12)13/h1-3,9-10H,(H,11,12,13). The molecule has 1 aromatic carbocycles. The molecule has 0 radical (unpaired) electrons. The average Bonchev–Trinajstić information content (AvgIpc) is 2.00. The highest BCUT2D eigenvalue weighted by Crippen LogP contribution is 2.17. The number of hydrogen-bond acceptors (Lipinski definition) is 3. The van der Waals surface area contributed by atoms with Gasteiger partial charge in [0.2, 0.25) is 0 Å². The molecule has 0 unspecified atom stereocenters. The first-order valence-corrected chi connectivity index (χ1v) is 5.15. The van der Waals surface area contributed by atoms with Crippen LogP contribution in [0.25, 0.3) is 0 Å². The summed E-state index contributed by atoms with van der Waals surface area (Å²) < 4.78 is 41.7. The number of benzene rings is 1. The van der Waals surface area contributed by atoms with E-state index in [1.165, 1.54) is 17.0 Å². The molecule has 1 rings (SSSR count). The molecule has 0 spiro atoms. The van der Waals surface area contributed by atoms with Crippen LogP contribution in [0.5, 0.6) is 0 Å². The molecule has 0 amide bonds. The van der Waals surface area contributed by atoms with Gasteiger partial charge in [0.05, 0.1) is 5.69 Å². The Labute approximate surface area is 84.7 Å². The highest BCUT2D eigenvalue weighted by Gasteiger charge is 2.05. The van der Waals surface area contributed by atoms with Crippen molar-refractivity contribution in [2.45, 2.75) is 0 Å². The van der Waals surface area contributed by atoms with E-state index in [9.17, 15) is 12.8 Å². The molecule has 8 heteroatoms. The van der Waals surface area contributed by atoms with Crippen molar-refractivity contribution in [3.8, 4) is 0 Å². The van der Waals surface area contributed by atoms with Gasteiger partial charge in [-0.1, -0.05) is 11.6 Å². The minimum Gasteiger partial charge on any atom is -0.303 e. The number of nitrogens with one attached hydrogen (secondary N) is 2. The Bertz CT molecular complexity index is 437. The van der Waals surface area contributed by atoms with E-state index >= 15 is 0 Å². The molecule has 1 aromatic rings. The molecule has 0 heterocycles. The minimum atomic E-state index is -4.41. The van der Waals surface area contributed by atoms with Gasteiger partial charge in [0, 0.05) is 5.02 Å². The van der Waals surface area contributed by atoms with Crippen molar-refractivity contribution < 1.29 is 17.4 Å². The van der Waals surface area contributed by atoms with E-state index in [-0.39, 0.29) is 10.7 Å². The quantitative estimate of drug-likeness (QED) is 0.548. The summed E-state index contributed by atoms with van der Waals surface area (Å²) in [5.41, 5.74) is 1.81. The Morgan fingerprint density at radius 1 is 1.43 bits per heavy atom. The molecule has 0 bridgehead atoms. The van der Waals surface area contributed by atoms with Gasteiger partial charge in [0.15, 0.2) is 0 Å². The zero-order valence-electron chi connectivity index (χ0n) is 6.66. The van der Waals surface area contributed by atoms with Crippen molar-refractivity contribution in [3.63, 3.8) is 0 Å². The second-order valence-electron chi connectivity index (χ2n) is 2.33. The highest BCUT2D eigenvalue weighted by molar-refractivity contribution is 7.83. The summed E-state index contributed by atoms with van der Waals surface area (Å²) in [5, 5.41) is 0.180. The largest absolute Gasteiger partial charge is 0.350 e. The zero-order chi connectivity index (χ0) is 10.8. The van der Waals surface area contributed by atoms with Gasteiger partial charge in [0.1, 0.15) is 5.82 Å². The lowest BCUT2D eigenvalue weighted by Gasteiger charge is -2.06. The molecule has 5 nitrogen and oxygen atoms in total. The van der Waals surface area contributed by atoms with Crippen molar-refractivity contribution >= 4 is 27.6 Å². The van der Waals surface area contributed by atoms with Gasteiger partial charge in [-0.05, 0) is 18.2 Å². The van der Waals surface area contributed by atoms with Crippen LogP contribution in [0.3, 0.4) is 0 Å². The second-order valence-corrected chi connectivity index (χ2v) is 3.92. The predicted octanol–water partition coefficient (Wildman–Crippen LogP) is 1.20. The van der Waals surface area contributed by atoms with Crippen LogP contribution in [-0.2, 0) is 10.3 Å². The zero-order valence-corrected chi connectivity index (χ0v) is 8.23. The predicted molar refractivity (Wildman–Crippen MR) is 49.7 cm³/mol. The lowest BCUT2D eigenvalue weighted by molar-refractivity contribution is 0.473. The number of anilines is 1. The van der Waals surface area contributed by atoms with E-state index in [1.54, 1.807) is 0 Å². The van der Waals surface area contributed by atoms with Gasteiger partial charge in [0.25, 0.3) is 0 Å². The van der Waals surface area contributed by atoms with Crippen molar-refractivity contribution in [1.29, 1.82) is 0 Å². The van der Waals surface area contributed by atoms with Gasteiger partial charge < -0.3 is 5.43 Å². The molecule has 78 valence electrons.